The molecule has 0 saturated heterocycles. The van der Waals surface area contributed by atoms with Crippen LogP contribution in [0, 0.1) is 6.92 Å². The minimum absolute atomic E-state index is 0.187. The van der Waals surface area contributed by atoms with Crippen LogP contribution in [-0.2, 0) is 0 Å². The number of aryl methyl sites for hydroxylation is 1. The Morgan fingerprint density at radius 2 is 2.00 bits per heavy atom. The normalized spacial score (nSPS) is 10.7. The third-order valence-electron chi connectivity index (χ3n) is 3.82. The van der Waals surface area contributed by atoms with Crippen LogP contribution in [-0.4, -0.2) is 21.0 Å². The van der Waals surface area contributed by atoms with Gasteiger partial charge in [-0.05, 0) is 31.2 Å². The summed E-state index contributed by atoms with van der Waals surface area (Å²) in [6, 6.07) is 13.1. The number of pyridine rings is 1. The highest BCUT2D eigenvalue weighted by Gasteiger charge is 2.17. The molecule has 0 radical (unpaired) electrons. The topological polar surface area (TPSA) is 80.9 Å². The second-order valence-electron chi connectivity index (χ2n) is 5.70. The van der Waals surface area contributed by atoms with Crippen LogP contribution in [0.3, 0.4) is 0 Å². The lowest BCUT2D eigenvalue weighted by Crippen LogP contribution is -2.11. The number of hydrogen-bond acceptors (Lipinski definition) is 6. The van der Waals surface area contributed by atoms with E-state index in [1.165, 1.54) is 11.3 Å². The van der Waals surface area contributed by atoms with Gasteiger partial charge in [0.1, 0.15) is 0 Å². The van der Waals surface area contributed by atoms with Crippen molar-refractivity contribution in [2.75, 3.05) is 5.32 Å². The first kappa shape index (κ1) is 17.6. The molecule has 0 fully saturated rings. The molecule has 3 aromatic heterocycles. The van der Waals surface area contributed by atoms with Gasteiger partial charge in [0, 0.05) is 38.9 Å². The van der Waals surface area contributed by atoms with Gasteiger partial charge < -0.3 is 4.52 Å². The SMILES string of the molecule is Cc1sc(NC(=O)c2cc(-c3cccnc3)on2)nc1-c1ccc(Br)cc1. The molecule has 8 heteroatoms. The Balaban J connectivity index is 1.53. The summed E-state index contributed by atoms with van der Waals surface area (Å²) in [6.45, 7) is 1.97. The summed E-state index contributed by atoms with van der Waals surface area (Å²) in [6.07, 6.45) is 3.32. The van der Waals surface area contributed by atoms with Gasteiger partial charge in [-0.2, -0.15) is 0 Å². The summed E-state index contributed by atoms with van der Waals surface area (Å²) >= 11 is 4.84. The fraction of sp³-hybridized carbons (Fsp3) is 0.0526. The average Bonchev–Trinajstić information content (AvgIpc) is 3.30. The molecule has 0 atom stereocenters. The Morgan fingerprint density at radius 3 is 2.74 bits per heavy atom. The van der Waals surface area contributed by atoms with Crippen molar-refractivity contribution in [1.82, 2.24) is 15.1 Å². The minimum atomic E-state index is -0.370. The van der Waals surface area contributed by atoms with Gasteiger partial charge in [-0.15, -0.1) is 11.3 Å². The Morgan fingerprint density at radius 1 is 1.19 bits per heavy atom. The number of carbonyl (C=O) groups is 1. The van der Waals surface area contributed by atoms with Crippen molar-refractivity contribution in [1.29, 1.82) is 0 Å². The van der Waals surface area contributed by atoms with Crippen LogP contribution in [0.4, 0.5) is 5.13 Å². The molecule has 0 unspecified atom stereocenters. The van der Waals surface area contributed by atoms with E-state index in [1.807, 2.05) is 37.3 Å². The van der Waals surface area contributed by atoms with Crippen molar-refractivity contribution < 1.29 is 9.32 Å². The van der Waals surface area contributed by atoms with Crippen molar-refractivity contribution in [3.8, 4) is 22.6 Å². The summed E-state index contributed by atoms with van der Waals surface area (Å²) in [4.78, 5) is 22.1. The van der Waals surface area contributed by atoms with Crippen LogP contribution < -0.4 is 5.32 Å². The Bertz CT molecular complexity index is 1090. The third-order valence-corrected chi connectivity index (χ3v) is 5.24. The maximum atomic E-state index is 12.5. The fourth-order valence-electron chi connectivity index (χ4n) is 2.51. The number of hydrogen-bond donors (Lipinski definition) is 1. The maximum absolute atomic E-state index is 12.5. The highest BCUT2D eigenvalue weighted by Crippen LogP contribution is 2.31. The highest BCUT2D eigenvalue weighted by molar-refractivity contribution is 9.10. The van der Waals surface area contributed by atoms with E-state index in [1.54, 1.807) is 24.5 Å². The molecule has 0 aliphatic carbocycles. The molecule has 3 heterocycles. The number of amides is 1. The number of anilines is 1. The minimum Gasteiger partial charge on any atom is -0.355 e. The molecule has 0 spiro atoms. The summed E-state index contributed by atoms with van der Waals surface area (Å²) in [5, 5.41) is 7.14. The summed E-state index contributed by atoms with van der Waals surface area (Å²) in [5.41, 5.74) is 2.78. The van der Waals surface area contributed by atoms with E-state index >= 15 is 0 Å². The largest absolute Gasteiger partial charge is 0.355 e. The van der Waals surface area contributed by atoms with E-state index in [0.717, 1.165) is 26.2 Å². The standard InChI is InChI=1S/C19H13BrN4O2S/c1-11-17(12-4-6-14(20)7-5-12)22-19(27-11)23-18(25)15-9-16(26-24-15)13-3-2-8-21-10-13/h2-10H,1H3,(H,22,23,25). The van der Waals surface area contributed by atoms with Crippen molar-refractivity contribution in [3.63, 3.8) is 0 Å². The van der Waals surface area contributed by atoms with E-state index < -0.39 is 0 Å². The smallest absolute Gasteiger partial charge is 0.279 e. The molecule has 1 N–H and O–H groups in total. The van der Waals surface area contributed by atoms with E-state index in [-0.39, 0.29) is 11.6 Å². The molecule has 134 valence electrons. The Kier molecular flexibility index (Phi) is 4.83. The average molecular weight is 441 g/mol. The summed E-state index contributed by atoms with van der Waals surface area (Å²) in [5.74, 6) is 0.115. The van der Waals surface area contributed by atoms with Crippen LogP contribution in [0.25, 0.3) is 22.6 Å². The van der Waals surface area contributed by atoms with Crippen molar-refractivity contribution >= 4 is 38.3 Å². The first-order chi connectivity index (χ1) is 13.1. The molecular formula is C19H13BrN4O2S. The zero-order valence-electron chi connectivity index (χ0n) is 14.1. The number of carbonyl (C=O) groups excluding carboxylic acids is 1. The van der Waals surface area contributed by atoms with E-state index in [9.17, 15) is 4.79 Å². The molecule has 4 aromatic rings. The number of benzene rings is 1. The van der Waals surface area contributed by atoms with Crippen molar-refractivity contribution in [3.05, 3.63) is 69.9 Å². The Hall–Kier alpha value is -2.84. The van der Waals surface area contributed by atoms with Gasteiger partial charge in [0.25, 0.3) is 5.91 Å². The summed E-state index contributed by atoms with van der Waals surface area (Å²) < 4.78 is 6.25. The molecule has 4 rings (SSSR count). The number of nitrogens with one attached hydrogen (secondary N) is 1. The van der Waals surface area contributed by atoms with Crippen LogP contribution >= 0.6 is 27.3 Å². The number of aromatic nitrogens is 3. The third kappa shape index (κ3) is 3.81. The lowest BCUT2D eigenvalue weighted by Gasteiger charge is -1.99. The zero-order chi connectivity index (χ0) is 18.8. The van der Waals surface area contributed by atoms with Gasteiger partial charge in [0.2, 0.25) is 0 Å². The fourth-order valence-corrected chi connectivity index (χ4v) is 3.61. The number of nitrogens with zero attached hydrogens (tertiary/aromatic N) is 3. The summed E-state index contributed by atoms with van der Waals surface area (Å²) in [7, 11) is 0. The highest BCUT2D eigenvalue weighted by atomic mass is 79.9. The second-order valence-corrected chi connectivity index (χ2v) is 7.82. The van der Waals surface area contributed by atoms with Gasteiger partial charge >= 0.3 is 0 Å². The number of thiazole rings is 1. The van der Waals surface area contributed by atoms with Gasteiger partial charge in [-0.3, -0.25) is 15.1 Å². The van der Waals surface area contributed by atoms with Gasteiger partial charge in [-0.25, -0.2) is 4.98 Å². The molecule has 27 heavy (non-hydrogen) atoms. The zero-order valence-corrected chi connectivity index (χ0v) is 16.5. The van der Waals surface area contributed by atoms with Gasteiger partial charge in [0.15, 0.2) is 16.6 Å². The second kappa shape index (κ2) is 7.42. The molecule has 1 aromatic carbocycles. The van der Waals surface area contributed by atoms with Crippen LogP contribution in [0.1, 0.15) is 15.4 Å². The van der Waals surface area contributed by atoms with Crippen LogP contribution in [0.15, 0.2) is 63.9 Å². The number of halogens is 1. The number of rotatable bonds is 4. The molecule has 6 nitrogen and oxygen atoms in total. The first-order valence-corrected chi connectivity index (χ1v) is 9.63. The molecule has 1 amide bonds. The first-order valence-electron chi connectivity index (χ1n) is 8.02. The van der Waals surface area contributed by atoms with E-state index in [0.29, 0.717) is 10.9 Å². The monoisotopic (exact) mass is 440 g/mol. The van der Waals surface area contributed by atoms with Crippen LogP contribution in [0.5, 0.6) is 0 Å². The molecular weight excluding hydrogens is 428 g/mol. The quantitative estimate of drug-likeness (QED) is 0.472. The van der Waals surface area contributed by atoms with Crippen LogP contribution in [0.2, 0.25) is 0 Å². The van der Waals surface area contributed by atoms with E-state index in [4.69, 9.17) is 4.52 Å². The predicted octanol–water partition coefficient (Wildman–Crippen LogP) is 5.18. The maximum Gasteiger partial charge on any atom is 0.279 e. The lowest BCUT2D eigenvalue weighted by atomic mass is 10.1. The van der Waals surface area contributed by atoms with Gasteiger partial charge in [-0.1, -0.05) is 33.2 Å². The van der Waals surface area contributed by atoms with E-state index in [2.05, 4.69) is 36.4 Å². The molecule has 0 saturated carbocycles. The predicted molar refractivity (Wildman–Crippen MR) is 108 cm³/mol. The molecule has 0 aliphatic heterocycles. The van der Waals surface area contributed by atoms with Crippen molar-refractivity contribution in [2.24, 2.45) is 0 Å². The van der Waals surface area contributed by atoms with Crippen molar-refractivity contribution in [2.45, 2.75) is 6.92 Å². The lowest BCUT2D eigenvalue weighted by molar-refractivity contribution is 0.101. The Labute approximate surface area is 167 Å². The molecule has 0 aliphatic rings. The molecule has 0 bridgehead atoms. The van der Waals surface area contributed by atoms with Gasteiger partial charge in [0.05, 0.1) is 5.69 Å².